The highest BCUT2D eigenvalue weighted by Crippen LogP contribution is 2.27. The van der Waals surface area contributed by atoms with E-state index in [0.717, 1.165) is 25.1 Å². The first-order chi connectivity index (χ1) is 10.1. The van der Waals surface area contributed by atoms with E-state index >= 15 is 0 Å². The van der Waals surface area contributed by atoms with Crippen molar-refractivity contribution in [1.29, 1.82) is 0 Å². The lowest BCUT2D eigenvalue weighted by molar-refractivity contribution is -0.385. The molecule has 5 heteroatoms. The van der Waals surface area contributed by atoms with Gasteiger partial charge in [-0.1, -0.05) is 30.3 Å². The third kappa shape index (κ3) is 2.87. The van der Waals surface area contributed by atoms with Crippen LogP contribution in [0.2, 0.25) is 0 Å². The Hall–Kier alpha value is -2.40. The highest BCUT2D eigenvalue weighted by Gasteiger charge is 2.18. The molecular formula is C16H16N2O3. The molecule has 0 aliphatic carbocycles. The van der Waals surface area contributed by atoms with Gasteiger partial charge in [-0.15, -0.1) is 0 Å². The monoisotopic (exact) mass is 284 g/mol. The number of nitro groups is 1. The highest BCUT2D eigenvalue weighted by atomic mass is 16.6. The number of aromatic hydroxyl groups is 1. The standard InChI is InChI=1S/C16H16N2O3/c19-16-6-5-12(9-15(16)18(20)21)10-17-8-7-13-3-1-2-4-14(13)11-17/h1-6,9,19H,7-8,10-11H2. The second-order valence-corrected chi connectivity index (χ2v) is 5.31. The predicted octanol–water partition coefficient (Wildman–Crippen LogP) is 2.86. The predicted molar refractivity (Wildman–Crippen MR) is 79.0 cm³/mol. The minimum absolute atomic E-state index is 0.232. The van der Waals surface area contributed by atoms with Gasteiger partial charge in [-0.05, 0) is 29.2 Å². The molecule has 3 rings (SSSR count). The van der Waals surface area contributed by atoms with Crippen LogP contribution < -0.4 is 0 Å². The Morgan fingerprint density at radius 1 is 1.19 bits per heavy atom. The van der Waals surface area contributed by atoms with E-state index in [1.807, 2.05) is 6.07 Å². The average molecular weight is 284 g/mol. The van der Waals surface area contributed by atoms with E-state index in [1.165, 1.54) is 23.3 Å². The van der Waals surface area contributed by atoms with Gasteiger partial charge in [-0.3, -0.25) is 15.0 Å². The number of benzene rings is 2. The lowest BCUT2D eigenvalue weighted by Crippen LogP contribution is -2.29. The van der Waals surface area contributed by atoms with Crippen LogP contribution in [0.25, 0.3) is 0 Å². The summed E-state index contributed by atoms with van der Waals surface area (Å²) < 4.78 is 0. The Morgan fingerprint density at radius 2 is 1.95 bits per heavy atom. The Labute approximate surface area is 122 Å². The van der Waals surface area contributed by atoms with Crippen molar-refractivity contribution in [2.75, 3.05) is 6.54 Å². The number of phenolic OH excluding ortho intramolecular Hbond substituents is 1. The highest BCUT2D eigenvalue weighted by molar-refractivity contribution is 5.47. The zero-order valence-corrected chi connectivity index (χ0v) is 11.5. The van der Waals surface area contributed by atoms with Crippen molar-refractivity contribution in [2.45, 2.75) is 19.5 Å². The summed E-state index contributed by atoms with van der Waals surface area (Å²) in [6.45, 7) is 2.44. The number of phenols is 1. The van der Waals surface area contributed by atoms with Gasteiger partial charge >= 0.3 is 5.69 Å². The molecular weight excluding hydrogens is 268 g/mol. The molecule has 0 atom stereocenters. The van der Waals surface area contributed by atoms with Crippen LogP contribution in [0, 0.1) is 10.1 Å². The topological polar surface area (TPSA) is 66.6 Å². The van der Waals surface area contributed by atoms with Gasteiger partial charge in [0.1, 0.15) is 0 Å². The number of hydrogen-bond donors (Lipinski definition) is 1. The Bertz CT molecular complexity index is 685. The Balaban J connectivity index is 1.76. The molecule has 0 fully saturated rings. The smallest absolute Gasteiger partial charge is 0.311 e. The molecule has 0 unspecified atom stereocenters. The molecule has 5 nitrogen and oxygen atoms in total. The lowest BCUT2D eigenvalue weighted by atomic mass is 9.99. The maximum atomic E-state index is 10.9. The third-order valence-electron chi connectivity index (χ3n) is 3.85. The van der Waals surface area contributed by atoms with Crippen molar-refractivity contribution >= 4 is 5.69 Å². The van der Waals surface area contributed by atoms with Crippen LogP contribution in [0.3, 0.4) is 0 Å². The molecule has 0 aromatic heterocycles. The second-order valence-electron chi connectivity index (χ2n) is 5.31. The lowest BCUT2D eigenvalue weighted by Gasteiger charge is -2.28. The summed E-state index contributed by atoms with van der Waals surface area (Å²) in [6, 6.07) is 13.0. The van der Waals surface area contributed by atoms with Gasteiger partial charge < -0.3 is 5.11 Å². The minimum Gasteiger partial charge on any atom is -0.502 e. The quantitative estimate of drug-likeness (QED) is 0.695. The van der Waals surface area contributed by atoms with Gasteiger partial charge in [0.15, 0.2) is 5.75 Å². The van der Waals surface area contributed by atoms with Gasteiger partial charge in [0.25, 0.3) is 0 Å². The summed E-state index contributed by atoms with van der Waals surface area (Å²) >= 11 is 0. The van der Waals surface area contributed by atoms with Gasteiger partial charge in [0.05, 0.1) is 4.92 Å². The van der Waals surface area contributed by atoms with Crippen molar-refractivity contribution < 1.29 is 10.0 Å². The Kier molecular flexibility index (Phi) is 3.58. The zero-order chi connectivity index (χ0) is 14.8. The van der Waals surface area contributed by atoms with Gasteiger partial charge in [0.2, 0.25) is 0 Å². The molecule has 0 saturated heterocycles. The molecule has 0 radical (unpaired) electrons. The molecule has 2 aromatic carbocycles. The maximum absolute atomic E-state index is 10.9. The maximum Gasteiger partial charge on any atom is 0.311 e. The van der Waals surface area contributed by atoms with Gasteiger partial charge in [-0.2, -0.15) is 0 Å². The van der Waals surface area contributed by atoms with Crippen molar-refractivity contribution in [3.63, 3.8) is 0 Å². The van der Waals surface area contributed by atoms with E-state index in [0.29, 0.717) is 6.54 Å². The van der Waals surface area contributed by atoms with Gasteiger partial charge in [-0.25, -0.2) is 0 Å². The number of nitrogens with zero attached hydrogens (tertiary/aromatic N) is 2. The van der Waals surface area contributed by atoms with Crippen molar-refractivity contribution in [3.8, 4) is 5.75 Å². The normalized spacial score (nSPS) is 14.7. The fourth-order valence-electron chi connectivity index (χ4n) is 2.76. The number of nitro benzene ring substituents is 1. The van der Waals surface area contributed by atoms with Crippen LogP contribution in [-0.4, -0.2) is 21.5 Å². The summed E-state index contributed by atoms with van der Waals surface area (Å²) in [7, 11) is 0. The molecule has 1 aliphatic heterocycles. The zero-order valence-electron chi connectivity index (χ0n) is 11.5. The minimum atomic E-state index is -0.551. The first-order valence-electron chi connectivity index (χ1n) is 6.89. The number of fused-ring (bicyclic) bond motifs is 1. The van der Waals surface area contributed by atoms with Crippen LogP contribution in [-0.2, 0) is 19.5 Å². The van der Waals surface area contributed by atoms with Crippen molar-refractivity contribution in [1.82, 2.24) is 4.90 Å². The number of hydrogen-bond acceptors (Lipinski definition) is 4. The van der Waals surface area contributed by atoms with Crippen molar-refractivity contribution in [2.24, 2.45) is 0 Å². The SMILES string of the molecule is O=[N+]([O-])c1cc(CN2CCc3ccccc3C2)ccc1O. The molecule has 0 bridgehead atoms. The first kappa shape index (κ1) is 13.6. The van der Waals surface area contributed by atoms with E-state index in [2.05, 4.69) is 23.1 Å². The molecule has 1 N–H and O–H groups in total. The molecule has 1 heterocycles. The summed E-state index contributed by atoms with van der Waals surface area (Å²) in [5.74, 6) is -0.285. The van der Waals surface area contributed by atoms with Gasteiger partial charge in [0, 0.05) is 25.7 Å². The van der Waals surface area contributed by atoms with Crippen LogP contribution >= 0.6 is 0 Å². The summed E-state index contributed by atoms with van der Waals surface area (Å²) in [5, 5.41) is 20.3. The molecule has 108 valence electrons. The molecule has 21 heavy (non-hydrogen) atoms. The second kappa shape index (κ2) is 5.54. The number of rotatable bonds is 3. The fraction of sp³-hybridized carbons (Fsp3) is 0.250. The average Bonchev–Trinajstić information content (AvgIpc) is 2.49. The molecule has 1 aliphatic rings. The molecule has 0 saturated carbocycles. The summed E-state index contributed by atoms with van der Waals surface area (Å²) in [4.78, 5) is 12.6. The summed E-state index contributed by atoms with van der Waals surface area (Å²) in [6.07, 6.45) is 0.996. The van der Waals surface area contributed by atoms with Crippen molar-refractivity contribution in [3.05, 3.63) is 69.3 Å². The summed E-state index contributed by atoms with van der Waals surface area (Å²) in [5.41, 5.74) is 3.31. The molecule has 0 spiro atoms. The van der Waals surface area contributed by atoms with Crippen LogP contribution in [0.5, 0.6) is 5.75 Å². The van der Waals surface area contributed by atoms with Crippen LogP contribution in [0.1, 0.15) is 16.7 Å². The van der Waals surface area contributed by atoms with E-state index < -0.39 is 4.92 Å². The first-order valence-corrected chi connectivity index (χ1v) is 6.89. The largest absolute Gasteiger partial charge is 0.502 e. The van der Waals surface area contributed by atoms with Crippen LogP contribution in [0.15, 0.2) is 42.5 Å². The fourth-order valence-corrected chi connectivity index (χ4v) is 2.76. The van der Waals surface area contributed by atoms with Crippen LogP contribution in [0.4, 0.5) is 5.69 Å². The third-order valence-corrected chi connectivity index (χ3v) is 3.85. The van der Waals surface area contributed by atoms with E-state index in [-0.39, 0.29) is 11.4 Å². The van der Waals surface area contributed by atoms with E-state index in [9.17, 15) is 15.2 Å². The molecule has 2 aromatic rings. The molecule has 0 amide bonds. The van der Waals surface area contributed by atoms with E-state index in [1.54, 1.807) is 6.07 Å². The van der Waals surface area contributed by atoms with E-state index in [4.69, 9.17) is 0 Å². The Morgan fingerprint density at radius 3 is 2.71 bits per heavy atom.